The smallest absolute Gasteiger partial charge is 0.0243 e. The molecule has 0 spiro atoms. The number of hydrogen-bond acceptors (Lipinski definition) is 0. The Balaban J connectivity index is 3.29. The summed E-state index contributed by atoms with van der Waals surface area (Å²) in [4.78, 5) is 0. The van der Waals surface area contributed by atoms with E-state index in [0.717, 1.165) is 6.54 Å². The molecule has 0 saturated carbocycles. The molecule has 1 atom stereocenters. The van der Waals surface area contributed by atoms with Gasteiger partial charge >= 0.3 is 0 Å². The van der Waals surface area contributed by atoms with Crippen LogP contribution in [0.3, 0.4) is 0 Å². The lowest BCUT2D eigenvalue weighted by molar-refractivity contribution is 0.428. The molecule has 0 saturated heterocycles. The topological polar surface area (TPSA) is 14.1 Å². The fraction of sp³-hybridized carbons (Fsp3) is 1.00. The maximum Gasteiger partial charge on any atom is 0.0243 e. The lowest BCUT2D eigenvalue weighted by Gasteiger charge is -2.14. The average Bonchev–Trinajstić information content (AvgIpc) is 2.31. The van der Waals surface area contributed by atoms with Crippen molar-refractivity contribution in [2.75, 3.05) is 6.54 Å². The van der Waals surface area contributed by atoms with Crippen LogP contribution < -0.4 is 5.32 Å². The summed E-state index contributed by atoms with van der Waals surface area (Å²) in [5.74, 6) is 0. The van der Waals surface area contributed by atoms with Gasteiger partial charge in [0.1, 0.15) is 0 Å². The SMILES string of the molecule is CCCCCCCC(CC)[N]CCCCC. The second-order valence-electron chi connectivity index (χ2n) is 4.88. The van der Waals surface area contributed by atoms with Crippen LogP contribution in [-0.4, -0.2) is 12.6 Å². The van der Waals surface area contributed by atoms with Crippen LogP contribution in [0.1, 0.15) is 85.0 Å². The van der Waals surface area contributed by atoms with Crippen LogP contribution in [0.15, 0.2) is 0 Å². The van der Waals surface area contributed by atoms with E-state index in [1.165, 1.54) is 64.2 Å². The lowest BCUT2D eigenvalue weighted by Crippen LogP contribution is -2.22. The quantitative estimate of drug-likeness (QED) is 0.419. The van der Waals surface area contributed by atoms with Crippen LogP contribution in [0, 0.1) is 0 Å². The van der Waals surface area contributed by atoms with Gasteiger partial charge in [0.2, 0.25) is 0 Å². The number of rotatable bonds is 12. The van der Waals surface area contributed by atoms with Crippen molar-refractivity contribution in [2.24, 2.45) is 0 Å². The van der Waals surface area contributed by atoms with Gasteiger partial charge in [-0.05, 0) is 19.3 Å². The number of hydrogen-bond donors (Lipinski definition) is 0. The molecule has 1 radical (unpaired) electrons. The molecular weight excluding hydrogens is 194 g/mol. The Kier molecular flexibility index (Phi) is 13.0. The minimum atomic E-state index is 0.651. The van der Waals surface area contributed by atoms with Crippen molar-refractivity contribution >= 4 is 0 Å². The molecule has 0 amide bonds. The summed E-state index contributed by atoms with van der Waals surface area (Å²) in [6.45, 7) is 7.91. The van der Waals surface area contributed by atoms with E-state index in [1.54, 1.807) is 0 Å². The van der Waals surface area contributed by atoms with E-state index in [0.29, 0.717) is 6.04 Å². The molecule has 1 unspecified atom stereocenters. The zero-order valence-electron chi connectivity index (χ0n) is 11.8. The van der Waals surface area contributed by atoms with Crippen LogP contribution >= 0.6 is 0 Å². The van der Waals surface area contributed by atoms with E-state index in [2.05, 4.69) is 20.8 Å². The molecule has 0 aliphatic rings. The molecule has 0 aromatic rings. The molecule has 0 aromatic heterocycles. The van der Waals surface area contributed by atoms with Gasteiger partial charge < -0.3 is 0 Å². The van der Waals surface area contributed by atoms with Crippen LogP contribution in [-0.2, 0) is 0 Å². The van der Waals surface area contributed by atoms with E-state index in [4.69, 9.17) is 5.32 Å². The third-order valence-corrected chi connectivity index (χ3v) is 3.26. The summed E-state index contributed by atoms with van der Waals surface area (Å²) in [7, 11) is 0. The van der Waals surface area contributed by atoms with Gasteiger partial charge in [-0.15, -0.1) is 0 Å². The fourth-order valence-electron chi connectivity index (χ4n) is 2.04. The van der Waals surface area contributed by atoms with Crippen LogP contribution in [0.2, 0.25) is 0 Å². The van der Waals surface area contributed by atoms with Crippen molar-refractivity contribution in [3.63, 3.8) is 0 Å². The monoisotopic (exact) mass is 226 g/mol. The third kappa shape index (κ3) is 10.5. The van der Waals surface area contributed by atoms with E-state index in [-0.39, 0.29) is 0 Å². The van der Waals surface area contributed by atoms with Crippen LogP contribution in [0.25, 0.3) is 0 Å². The maximum absolute atomic E-state index is 4.80. The predicted molar refractivity (Wildman–Crippen MR) is 74.0 cm³/mol. The van der Waals surface area contributed by atoms with Gasteiger partial charge in [0, 0.05) is 12.6 Å². The van der Waals surface area contributed by atoms with Crippen molar-refractivity contribution in [1.29, 1.82) is 0 Å². The van der Waals surface area contributed by atoms with Gasteiger partial charge in [0.15, 0.2) is 0 Å². The first-order valence-electron chi connectivity index (χ1n) is 7.51. The normalized spacial score (nSPS) is 12.9. The Morgan fingerprint density at radius 3 is 2.00 bits per heavy atom. The van der Waals surface area contributed by atoms with Gasteiger partial charge in [0.25, 0.3) is 0 Å². The molecule has 0 aliphatic heterocycles. The van der Waals surface area contributed by atoms with Crippen molar-refractivity contribution in [1.82, 2.24) is 5.32 Å². The zero-order chi connectivity index (χ0) is 12.1. The minimum Gasteiger partial charge on any atom is -0.238 e. The first-order chi connectivity index (χ1) is 7.85. The lowest BCUT2D eigenvalue weighted by atomic mass is 10.0. The Morgan fingerprint density at radius 1 is 0.750 bits per heavy atom. The van der Waals surface area contributed by atoms with Gasteiger partial charge in [0.05, 0.1) is 0 Å². The van der Waals surface area contributed by atoms with Crippen molar-refractivity contribution in [3.8, 4) is 0 Å². The van der Waals surface area contributed by atoms with E-state index in [1.807, 2.05) is 0 Å². The first kappa shape index (κ1) is 16.0. The number of nitrogens with zero attached hydrogens (tertiary/aromatic N) is 1. The van der Waals surface area contributed by atoms with E-state index >= 15 is 0 Å². The Morgan fingerprint density at radius 2 is 1.38 bits per heavy atom. The average molecular weight is 226 g/mol. The molecule has 1 nitrogen and oxygen atoms in total. The molecule has 0 rings (SSSR count). The third-order valence-electron chi connectivity index (χ3n) is 3.26. The molecule has 0 aromatic carbocycles. The van der Waals surface area contributed by atoms with Crippen molar-refractivity contribution in [3.05, 3.63) is 0 Å². The Bertz CT molecular complexity index is 123. The van der Waals surface area contributed by atoms with E-state index < -0.39 is 0 Å². The second kappa shape index (κ2) is 13.0. The molecule has 97 valence electrons. The molecule has 0 N–H and O–H groups in total. The van der Waals surface area contributed by atoms with Crippen LogP contribution in [0.4, 0.5) is 0 Å². The highest BCUT2D eigenvalue weighted by atomic mass is 14.9. The summed E-state index contributed by atoms with van der Waals surface area (Å²) in [5, 5.41) is 4.80. The minimum absolute atomic E-state index is 0.651. The second-order valence-corrected chi connectivity index (χ2v) is 4.88. The summed E-state index contributed by atoms with van der Waals surface area (Å²) in [6, 6.07) is 0.651. The first-order valence-corrected chi connectivity index (χ1v) is 7.51. The van der Waals surface area contributed by atoms with Crippen molar-refractivity contribution in [2.45, 2.75) is 91.0 Å². The zero-order valence-corrected chi connectivity index (χ0v) is 11.8. The highest BCUT2D eigenvalue weighted by molar-refractivity contribution is 4.64. The largest absolute Gasteiger partial charge is 0.238 e. The fourth-order valence-corrected chi connectivity index (χ4v) is 2.04. The molecule has 0 fully saturated rings. The van der Waals surface area contributed by atoms with Gasteiger partial charge in [-0.25, -0.2) is 5.32 Å². The molecular formula is C15H32N. The van der Waals surface area contributed by atoms with Gasteiger partial charge in [-0.3, -0.25) is 0 Å². The number of unbranched alkanes of at least 4 members (excludes halogenated alkanes) is 6. The summed E-state index contributed by atoms with van der Waals surface area (Å²) < 4.78 is 0. The van der Waals surface area contributed by atoms with Gasteiger partial charge in [-0.2, -0.15) is 0 Å². The molecule has 16 heavy (non-hydrogen) atoms. The predicted octanol–water partition coefficient (Wildman–Crippen LogP) is 4.92. The molecule has 1 heteroatoms. The summed E-state index contributed by atoms with van der Waals surface area (Å²) in [5.41, 5.74) is 0. The van der Waals surface area contributed by atoms with Gasteiger partial charge in [-0.1, -0.05) is 65.7 Å². The van der Waals surface area contributed by atoms with Crippen LogP contribution in [0.5, 0.6) is 0 Å². The Hall–Kier alpha value is -0.0400. The van der Waals surface area contributed by atoms with Crippen molar-refractivity contribution < 1.29 is 0 Å². The summed E-state index contributed by atoms with van der Waals surface area (Å²) in [6.07, 6.45) is 13.5. The molecule has 0 heterocycles. The molecule has 0 bridgehead atoms. The summed E-state index contributed by atoms with van der Waals surface area (Å²) >= 11 is 0. The van der Waals surface area contributed by atoms with E-state index in [9.17, 15) is 0 Å². The standard InChI is InChI=1S/C15H32N/c1-4-7-9-10-11-13-15(6-3)16-14-12-8-5-2/h15H,4-14H2,1-3H3. The highest BCUT2D eigenvalue weighted by Crippen LogP contribution is 2.10. The highest BCUT2D eigenvalue weighted by Gasteiger charge is 2.05. The molecule has 0 aliphatic carbocycles. The maximum atomic E-state index is 4.80. The Labute approximate surface area is 103 Å².